The van der Waals surface area contributed by atoms with Gasteiger partial charge in [0.15, 0.2) is 0 Å². The molecule has 1 aliphatic carbocycles. The summed E-state index contributed by atoms with van der Waals surface area (Å²) in [4.78, 5) is 12.0. The molecule has 2 fully saturated rings. The normalized spacial score (nSPS) is 32.4. The molecule has 0 aromatic rings. The van der Waals surface area contributed by atoms with Crippen molar-refractivity contribution in [2.24, 2.45) is 5.92 Å². The van der Waals surface area contributed by atoms with Crippen molar-refractivity contribution in [1.29, 1.82) is 0 Å². The highest BCUT2D eigenvalue weighted by Gasteiger charge is 2.33. The van der Waals surface area contributed by atoms with E-state index >= 15 is 0 Å². The lowest BCUT2D eigenvalue weighted by molar-refractivity contribution is -0.126. The average Bonchev–Trinajstić information content (AvgIpc) is 2.74. The van der Waals surface area contributed by atoms with Gasteiger partial charge in [0, 0.05) is 6.54 Å². The van der Waals surface area contributed by atoms with Gasteiger partial charge >= 0.3 is 0 Å². The summed E-state index contributed by atoms with van der Waals surface area (Å²) in [5.41, 5.74) is -0.645. The fourth-order valence-corrected chi connectivity index (χ4v) is 2.97. The smallest absolute Gasteiger partial charge is 0.237 e. The van der Waals surface area contributed by atoms with E-state index in [2.05, 4.69) is 17.6 Å². The minimum Gasteiger partial charge on any atom is -0.388 e. The fourth-order valence-electron chi connectivity index (χ4n) is 2.97. The van der Waals surface area contributed by atoms with E-state index in [1.54, 1.807) is 0 Å². The summed E-state index contributed by atoms with van der Waals surface area (Å²) in [6.45, 7) is 3.45. The Balaban J connectivity index is 1.80. The molecule has 0 radical (unpaired) electrons. The maximum atomic E-state index is 12.0. The van der Waals surface area contributed by atoms with E-state index in [0.717, 1.165) is 45.1 Å². The molecule has 1 amide bonds. The Hall–Kier alpha value is -0.610. The van der Waals surface area contributed by atoms with Crippen LogP contribution in [-0.4, -0.2) is 35.7 Å². The summed E-state index contributed by atoms with van der Waals surface area (Å²) in [7, 11) is 0. The molecular weight excluding hydrogens is 216 g/mol. The topological polar surface area (TPSA) is 61.4 Å². The Bertz CT molecular complexity index is 275. The van der Waals surface area contributed by atoms with Gasteiger partial charge < -0.3 is 15.7 Å². The zero-order valence-corrected chi connectivity index (χ0v) is 10.7. The van der Waals surface area contributed by atoms with Crippen molar-refractivity contribution < 1.29 is 9.90 Å². The van der Waals surface area contributed by atoms with Crippen molar-refractivity contribution in [2.45, 2.75) is 57.1 Å². The number of hydrogen-bond acceptors (Lipinski definition) is 3. The first-order valence-corrected chi connectivity index (χ1v) is 6.84. The molecule has 0 bridgehead atoms. The number of amides is 1. The van der Waals surface area contributed by atoms with Crippen molar-refractivity contribution >= 4 is 5.91 Å². The molecular formula is C13H24N2O2. The minimum atomic E-state index is -0.645. The highest BCUT2D eigenvalue weighted by atomic mass is 16.3. The molecule has 1 saturated carbocycles. The van der Waals surface area contributed by atoms with Crippen LogP contribution >= 0.6 is 0 Å². The molecule has 0 aromatic heterocycles. The molecule has 0 aromatic carbocycles. The predicted octanol–water partition coefficient (Wildman–Crippen LogP) is 0.796. The third-order valence-electron chi connectivity index (χ3n) is 4.18. The van der Waals surface area contributed by atoms with Gasteiger partial charge in [0.25, 0.3) is 0 Å². The molecule has 1 heterocycles. The zero-order valence-electron chi connectivity index (χ0n) is 10.7. The molecule has 2 atom stereocenters. The molecule has 1 saturated heterocycles. The van der Waals surface area contributed by atoms with E-state index in [9.17, 15) is 9.90 Å². The van der Waals surface area contributed by atoms with Gasteiger partial charge in [-0.05, 0) is 38.1 Å². The Morgan fingerprint density at radius 3 is 2.76 bits per heavy atom. The van der Waals surface area contributed by atoms with E-state index in [0.29, 0.717) is 12.5 Å². The van der Waals surface area contributed by atoms with Crippen LogP contribution in [0.5, 0.6) is 0 Å². The van der Waals surface area contributed by atoms with Crippen molar-refractivity contribution in [3.05, 3.63) is 0 Å². The standard InChI is InChI=1S/C13H24N2O2/c1-10-5-4-8-14-11(10)12(16)15-9-13(17)6-2-3-7-13/h10-11,14,17H,2-9H2,1H3,(H,15,16). The molecule has 1 aliphatic heterocycles. The van der Waals surface area contributed by atoms with E-state index in [-0.39, 0.29) is 11.9 Å². The van der Waals surface area contributed by atoms with Crippen LogP contribution in [0.4, 0.5) is 0 Å². The van der Waals surface area contributed by atoms with Crippen LogP contribution < -0.4 is 10.6 Å². The summed E-state index contributed by atoms with van der Waals surface area (Å²) < 4.78 is 0. The molecule has 0 spiro atoms. The van der Waals surface area contributed by atoms with Crippen LogP contribution in [0.15, 0.2) is 0 Å². The lowest BCUT2D eigenvalue weighted by Crippen LogP contribution is -2.53. The van der Waals surface area contributed by atoms with Gasteiger partial charge in [-0.3, -0.25) is 4.79 Å². The number of rotatable bonds is 3. The molecule has 2 unspecified atom stereocenters. The first-order chi connectivity index (χ1) is 8.11. The van der Waals surface area contributed by atoms with Gasteiger partial charge in [0.2, 0.25) is 5.91 Å². The quantitative estimate of drug-likeness (QED) is 0.683. The lowest BCUT2D eigenvalue weighted by atomic mass is 9.92. The van der Waals surface area contributed by atoms with Crippen molar-refractivity contribution in [1.82, 2.24) is 10.6 Å². The predicted molar refractivity (Wildman–Crippen MR) is 66.6 cm³/mol. The Morgan fingerprint density at radius 2 is 2.12 bits per heavy atom. The van der Waals surface area contributed by atoms with Gasteiger partial charge in [-0.1, -0.05) is 19.8 Å². The van der Waals surface area contributed by atoms with E-state index in [1.165, 1.54) is 0 Å². The lowest BCUT2D eigenvalue weighted by Gasteiger charge is -2.30. The van der Waals surface area contributed by atoms with Crippen LogP contribution in [0.3, 0.4) is 0 Å². The van der Waals surface area contributed by atoms with E-state index in [1.807, 2.05) is 0 Å². The monoisotopic (exact) mass is 240 g/mol. The maximum Gasteiger partial charge on any atom is 0.237 e. The highest BCUT2D eigenvalue weighted by molar-refractivity contribution is 5.82. The molecule has 4 nitrogen and oxygen atoms in total. The van der Waals surface area contributed by atoms with Gasteiger partial charge in [-0.15, -0.1) is 0 Å². The third-order valence-corrected chi connectivity index (χ3v) is 4.18. The van der Waals surface area contributed by atoms with E-state index < -0.39 is 5.60 Å². The van der Waals surface area contributed by atoms with Gasteiger partial charge in [-0.25, -0.2) is 0 Å². The number of carbonyl (C=O) groups excluding carboxylic acids is 1. The average molecular weight is 240 g/mol. The second-order valence-corrected chi connectivity index (χ2v) is 5.70. The van der Waals surface area contributed by atoms with Crippen LogP contribution in [0, 0.1) is 5.92 Å². The SMILES string of the molecule is CC1CCCNC1C(=O)NCC1(O)CCCC1. The molecule has 98 valence electrons. The van der Waals surface area contributed by atoms with Gasteiger partial charge in [-0.2, -0.15) is 0 Å². The third kappa shape index (κ3) is 3.19. The van der Waals surface area contributed by atoms with Gasteiger partial charge in [0.1, 0.15) is 0 Å². The second-order valence-electron chi connectivity index (χ2n) is 5.70. The first kappa shape index (κ1) is 12.8. The van der Waals surface area contributed by atoms with Crippen LogP contribution in [0.2, 0.25) is 0 Å². The number of piperidine rings is 1. The summed E-state index contributed by atoms with van der Waals surface area (Å²) in [6.07, 6.45) is 6.04. The second kappa shape index (κ2) is 5.36. The summed E-state index contributed by atoms with van der Waals surface area (Å²) >= 11 is 0. The van der Waals surface area contributed by atoms with Crippen LogP contribution in [0.1, 0.15) is 45.4 Å². The van der Waals surface area contributed by atoms with Crippen LogP contribution in [-0.2, 0) is 4.79 Å². The number of hydrogen-bond donors (Lipinski definition) is 3. The fraction of sp³-hybridized carbons (Fsp3) is 0.923. The highest BCUT2D eigenvalue weighted by Crippen LogP contribution is 2.28. The number of nitrogens with one attached hydrogen (secondary N) is 2. The van der Waals surface area contributed by atoms with Crippen molar-refractivity contribution in [2.75, 3.05) is 13.1 Å². The molecule has 2 aliphatic rings. The largest absolute Gasteiger partial charge is 0.388 e. The van der Waals surface area contributed by atoms with E-state index in [4.69, 9.17) is 0 Å². The Morgan fingerprint density at radius 1 is 1.41 bits per heavy atom. The van der Waals surface area contributed by atoms with Crippen molar-refractivity contribution in [3.8, 4) is 0 Å². The molecule has 4 heteroatoms. The summed E-state index contributed by atoms with van der Waals surface area (Å²) in [6, 6.07) is -0.0752. The zero-order chi connectivity index (χ0) is 12.3. The number of aliphatic hydroxyl groups is 1. The number of carbonyl (C=O) groups is 1. The minimum absolute atomic E-state index is 0.0533. The van der Waals surface area contributed by atoms with Crippen molar-refractivity contribution in [3.63, 3.8) is 0 Å². The van der Waals surface area contributed by atoms with Crippen LogP contribution in [0.25, 0.3) is 0 Å². The Kier molecular flexibility index (Phi) is 4.05. The molecule has 2 rings (SSSR count). The summed E-state index contributed by atoms with van der Waals surface area (Å²) in [5.74, 6) is 0.444. The van der Waals surface area contributed by atoms with Gasteiger partial charge in [0.05, 0.1) is 11.6 Å². The molecule has 3 N–H and O–H groups in total. The Labute approximate surface area is 103 Å². The summed E-state index contributed by atoms with van der Waals surface area (Å²) in [5, 5.41) is 16.3. The maximum absolute atomic E-state index is 12.0. The molecule has 17 heavy (non-hydrogen) atoms. The first-order valence-electron chi connectivity index (χ1n) is 6.84.